The van der Waals surface area contributed by atoms with Gasteiger partial charge in [-0.2, -0.15) is 0 Å². The van der Waals surface area contributed by atoms with Crippen LogP contribution in [0.4, 0.5) is 0 Å². The van der Waals surface area contributed by atoms with E-state index < -0.39 is 23.5 Å². The number of aliphatic hydroxyl groups is 1. The molecule has 0 fully saturated rings. The summed E-state index contributed by atoms with van der Waals surface area (Å²) in [7, 11) is 0. The lowest BCUT2D eigenvalue weighted by molar-refractivity contribution is -0.178. The summed E-state index contributed by atoms with van der Waals surface area (Å²) in [5.41, 5.74) is -0.725. The van der Waals surface area contributed by atoms with E-state index in [0.29, 0.717) is 0 Å². The van der Waals surface area contributed by atoms with Crippen molar-refractivity contribution in [3.8, 4) is 0 Å². The standard InChI is InChI=1S/C26H25BrO5/c1-3-31-25(29)26(30,14-13-19-7-6-10-23(27)16-19)24(18(2)28)32-17-20-11-12-21-8-4-5-9-22(21)15-20/h4-16,24,30H,3,17H2,1-2H3/b14-13+/t24-,26+/m0/s1. The van der Waals surface area contributed by atoms with E-state index in [1.54, 1.807) is 13.0 Å². The Hall–Kier alpha value is -2.80. The number of carbonyl (C=O) groups excluding carboxylic acids is 2. The minimum absolute atomic E-state index is 0.0432. The summed E-state index contributed by atoms with van der Waals surface area (Å²) in [6.07, 6.45) is 1.40. The van der Waals surface area contributed by atoms with Gasteiger partial charge in [-0.15, -0.1) is 0 Å². The van der Waals surface area contributed by atoms with Crippen LogP contribution in [-0.2, 0) is 25.7 Å². The molecule has 0 aliphatic heterocycles. The molecule has 0 amide bonds. The van der Waals surface area contributed by atoms with Gasteiger partial charge < -0.3 is 14.6 Å². The normalized spacial score (nSPS) is 14.2. The Morgan fingerprint density at radius 1 is 1.06 bits per heavy atom. The summed E-state index contributed by atoms with van der Waals surface area (Å²) in [6.45, 7) is 3.01. The van der Waals surface area contributed by atoms with Gasteiger partial charge in [0.25, 0.3) is 0 Å². The van der Waals surface area contributed by atoms with Crippen molar-refractivity contribution in [1.29, 1.82) is 0 Å². The lowest BCUT2D eigenvalue weighted by Gasteiger charge is -2.30. The maximum Gasteiger partial charge on any atom is 0.345 e. The Morgan fingerprint density at radius 2 is 1.81 bits per heavy atom. The Bertz CT molecular complexity index is 1140. The fraction of sp³-hybridized carbons (Fsp3) is 0.231. The maximum atomic E-state index is 12.7. The van der Waals surface area contributed by atoms with Crippen LogP contribution >= 0.6 is 15.9 Å². The van der Waals surface area contributed by atoms with Gasteiger partial charge in [-0.3, -0.25) is 4.79 Å². The van der Waals surface area contributed by atoms with Crippen molar-refractivity contribution in [3.05, 3.63) is 88.4 Å². The molecule has 0 radical (unpaired) electrons. The number of Topliss-reactive ketones (excluding diaryl/α,β-unsaturated/α-hetero) is 1. The molecule has 6 heteroatoms. The molecule has 3 rings (SSSR count). The Labute approximate surface area is 195 Å². The van der Waals surface area contributed by atoms with Crippen molar-refractivity contribution in [2.24, 2.45) is 0 Å². The van der Waals surface area contributed by atoms with Crippen LogP contribution < -0.4 is 0 Å². The van der Waals surface area contributed by atoms with Gasteiger partial charge in [0, 0.05) is 4.47 Å². The molecule has 32 heavy (non-hydrogen) atoms. The van der Waals surface area contributed by atoms with Gasteiger partial charge in [0.1, 0.15) is 0 Å². The second-order valence-corrected chi connectivity index (χ2v) is 8.33. The van der Waals surface area contributed by atoms with E-state index in [9.17, 15) is 14.7 Å². The third kappa shape index (κ3) is 5.71. The van der Waals surface area contributed by atoms with Gasteiger partial charge in [-0.25, -0.2) is 4.79 Å². The number of hydrogen-bond acceptors (Lipinski definition) is 5. The highest BCUT2D eigenvalue weighted by Crippen LogP contribution is 2.24. The van der Waals surface area contributed by atoms with Crippen LogP contribution in [-0.4, -0.2) is 35.2 Å². The zero-order valence-electron chi connectivity index (χ0n) is 18.0. The molecule has 1 N–H and O–H groups in total. The Balaban J connectivity index is 1.89. The number of carbonyl (C=O) groups is 2. The lowest BCUT2D eigenvalue weighted by atomic mass is 9.92. The summed E-state index contributed by atoms with van der Waals surface area (Å²) in [6, 6.07) is 21.0. The van der Waals surface area contributed by atoms with Crippen LogP contribution in [0.3, 0.4) is 0 Å². The summed E-state index contributed by atoms with van der Waals surface area (Å²) < 4.78 is 11.7. The highest BCUT2D eigenvalue weighted by molar-refractivity contribution is 9.10. The van der Waals surface area contributed by atoms with Crippen LogP contribution in [0, 0.1) is 0 Å². The first kappa shape index (κ1) is 23.9. The minimum atomic E-state index is -2.28. The van der Waals surface area contributed by atoms with Crippen molar-refractivity contribution in [2.45, 2.75) is 32.2 Å². The second-order valence-electron chi connectivity index (χ2n) is 7.42. The smallest absolute Gasteiger partial charge is 0.345 e. The molecule has 3 aromatic rings. The molecule has 0 heterocycles. The number of fused-ring (bicyclic) bond motifs is 1. The third-order valence-corrected chi connectivity index (χ3v) is 5.47. The molecular weight excluding hydrogens is 472 g/mol. The predicted octanol–water partition coefficient (Wildman–Crippen LogP) is 5.08. The van der Waals surface area contributed by atoms with E-state index in [1.807, 2.05) is 66.7 Å². The number of benzene rings is 3. The SMILES string of the molecule is CCOC(=O)[C@@](O)(/C=C/c1cccc(Br)c1)[C@@H](OCc1ccc2ccccc2c1)C(C)=O. The van der Waals surface area contributed by atoms with Crippen molar-refractivity contribution < 1.29 is 24.2 Å². The van der Waals surface area contributed by atoms with Gasteiger partial charge >= 0.3 is 5.97 Å². The van der Waals surface area contributed by atoms with E-state index in [4.69, 9.17) is 9.47 Å². The average Bonchev–Trinajstić information content (AvgIpc) is 2.77. The monoisotopic (exact) mass is 496 g/mol. The molecule has 0 spiro atoms. The van der Waals surface area contributed by atoms with Crippen molar-refractivity contribution >= 4 is 44.5 Å². The highest BCUT2D eigenvalue weighted by atomic mass is 79.9. The zero-order valence-corrected chi connectivity index (χ0v) is 19.5. The molecule has 0 aromatic heterocycles. The quantitative estimate of drug-likeness (QED) is 0.418. The molecule has 2 atom stereocenters. The molecule has 0 aliphatic rings. The maximum absolute atomic E-state index is 12.7. The molecule has 166 valence electrons. The van der Waals surface area contributed by atoms with Gasteiger partial charge in [-0.1, -0.05) is 70.5 Å². The molecule has 0 saturated heterocycles. The lowest BCUT2D eigenvalue weighted by Crippen LogP contribution is -2.53. The number of ether oxygens (including phenoxy) is 2. The van der Waals surface area contributed by atoms with E-state index in [-0.39, 0.29) is 13.2 Å². The fourth-order valence-corrected chi connectivity index (χ4v) is 3.82. The largest absolute Gasteiger partial charge is 0.464 e. The van der Waals surface area contributed by atoms with Gasteiger partial charge in [-0.05, 0) is 60.0 Å². The van der Waals surface area contributed by atoms with Gasteiger partial charge in [0.15, 0.2) is 11.9 Å². The summed E-state index contributed by atoms with van der Waals surface area (Å²) >= 11 is 3.39. The van der Waals surface area contributed by atoms with Crippen LogP contribution in [0.5, 0.6) is 0 Å². The minimum Gasteiger partial charge on any atom is -0.464 e. The molecule has 0 saturated carbocycles. The van der Waals surface area contributed by atoms with Crippen molar-refractivity contribution in [3.63, 3.8) is 0 Å². The molecule has 0 unspecified atom stereocenters. The first-order valence-corrected chi connectivity index (χ1v) is 11.1. The van der Waals surface area contributed by atoms with Crippen LogP contribution in [0.15, 0.2) is 77.3 Å². The summed E-state index contributed by atoms with van der Waals surface area (Å²) in [5, 5.41) is 13.4. The number of ketones is 1. The number of halogens is 1. The van der Waals surface area contributed by atoms with Gasteiger partial charge in [0.2, 0.25) is 5.60 Å². The number of rotatable bonds is 9. The van der Waals surface area contributed by atoms with Crippen LogP contribution in [0.25, 0.3) is 16.8 Å². The van der Waals surface area contributed by atoms with Crippen LogP contribution in [0.2, 0.25) is 0 Å². The van der Waals surface area contributed by atoms with E-state index in [1.165, 1.54) is 13.0 Å². The van der Waals surface area contributed by atoms with Crippen LogP contribution in [0.1, 0.15) is 25.0 Å². The third-order valence-electron chi connectivity index (χ3n) is 4.98. The fourth-order valence-electron chi connectivity index (χ4n) is 3.41. The average molecular weight is 497 g/mol. The Morgan fingerprint density at radius 3 is 2.50 bits per heavy atom. The van der Waals surface area contributed by atoms with E-state index >= 15 is 0 Å². The first-order chi connectivity index (χ1) is 15.3. The first-order valence-electron chi connectivity index (χ1n) is 10.3. The highest BCUT2D eigenvalue weighted by Gasteiger charge is 2.47. The predicted molar refractivity (Wildman–Crippen MR) is 128 cm³/mol. The summed E-state index contributed by atoms with van der Waals surface area (Å²) in [4.78, 5) is 25.2. The van der Waals surface area contributed by atoms with Gasteiger partial charge in [0.05, 0.1) is 13.2 Å². The topological polar surface area (TPSA) is 72.8 Å². The molecule has 3 aromatic carbocycles. The zero-order chi connectivity index (χ0) is 23.1. The summed E-state index contributed by atoms with van der Waals surface area (Å²) in [5.74, 6) is -1.43. The number of esters is 1. The number of hydrogen-bond donors (Lipinski definition) is 1. The van der Waals surface area contributed by atoms with E-state index in [2.05, 4.69) is 15.9 Å². The molecule has 0 aliphatic carbocycles. The molecule has 0 bridgehead atoms. The van der Waals surface area contributed by atoms with E-state index in [0.717, 1.165) is 26.4 Å². The molecular formula is C26H25BrO5. The Kier molecular flexibility index (Phi) is 7.96. The molecule has 5 nitrogen and oxygen atoms in total. The van der Waals surface area contributed by atoms with Crippen molar-refractivity contribution in [1.82, 2.24) is 0 Å². The van der Waals surface area contributed by atoms with Crippen molar-refractivity contribution in [2.75, 3.05) is 6.61 Å². The second kappa shape index (κ2) is 10.7.